The monoisotopic (exact) mass is 554 g/mol. The van der Waals surface area contributed by atoms with Crippen LogP contribution in [0.25, 0.3) is 21.5 Å². The topological polar surface area (TPSA) is 115 Å². The third-order valence-corrected chi connectivity index (χ3v) is 6.66. The normalized spacial score (nSPS) is 17.5. The molecule has 0 spiro atoms. The highest BCUT2D eigenvalue weighted by molar-refractivity contribution is 6.18. The van der Waals surface area contributed by atoms with E-state index >= 15 is 0 Å². The molecule has 1 saturated heterocycles. The lowest BCUT2D eigenvalue weighted by atomic mass is 10.1. The van der Waals surface area contributed by atoms with E-state index in [0.29, 0.717) is 50.6 Å². The summed E-state index contributed by atoms with van der Waals surface area (Å²) in [6, 6.07) is 6.19. The molecule has 0 aliphatic carbocycles. The van der Waals surface area contributed by atoms with E-state index in [1.807, 2.05) is 7.05 Å². The molecular formula is C25H36Cl2N6O4. The molecule has 0 saturated carbocycles. The first-order valence-corrected chi connectivity index (χ1v) is 13.9. The smallest absolute Gasteiger partial charge is 0.305 e. The Balaban J connectivity index is 1.42. The largest absolute Gasteiger partial charge is 0.463 e. The lowest BCUT2D eigenvalue weighted by Gasteiger charge is -2.29. The van der Waals surface area contributed by atoms with Gasteiger partial charge in [-0.1, -0.05) is 5.11 Å². The molecule has 1 aliphatic heterocycles. The van der Waals surface area contributed by atoms with Crippen LogP contribution in [0.15, 0.2) is 23.3 Å². The predicted octanol–water partition coefficient (Wildman–Crippen LogP) is 5.34. The Hall–Kier alpha value is -2.23. The van der Waals surface area contributed by atoms with Crippen LogP contribution >= 0.6 is 23.2 Å². The summed E-state index contributed by atoms with van der Waals surface area (Å²) in [5.41, 5.74) is 11.3. The lowest BCUT2D eigenvalue weighted by Crippen LogP contribution is -2.33. The molecule has 1 aromatic heterocycles. The van der Waals surface area contributed by atoms with Crippen LogP contribution in [0.1, 0.15) is 44.3 Å². The molecule has 1 aliphatic rings. The van der Waals surface area contributed by atoms with Crippen molar-refractivity contribution in [2.75, 3.05) is 49.5 Å². The Morgan fingerprint density at radius 2 is 2.11 bits per heavy atom. The number of alkyl halides is 2. The Bertz CT molecular complexity index is 1040. The third-order valence-electron chi connectivity index (χ3n) is 6.32. The van der Waals surface area contributed by atoms with Crippen LogP contribution < -0.4 is 4.90 Å². The molecule has 2 unspecified atom stereocenters. The number of fused-ring (bicyclic) bond motifs is 1. The molecule has 0 N–H and O–H groups in total. The van der Waals surface area contributed by atoms with E-state index in [1.165, 1.54) is 0 Å². The van der Waals surface area contributed by atoms with Crippen LogP contribution in [0, 0.1) is 0 Å². The summed E-state index contributed by atoms with van der Waals surface area (Å²) in [6.07, 6.45) is 4.42. The average Bonchev–Trinajstić information content (AvgIpc) is 3.22. The van der Waals surface area contributed by atoms with Gasteiger partial charge in [-0.2, -0.15) is 0 Å². The summed E-state index contributed by atoms with van der Waals surface area (Å²) in [7, 11) is 1.99. The summed E-state index contributed by atoms with van der Waals surface area (Å²) in [6.45, 7) is 2.55. The summed E-state index contributed by atoms with van der Waals surface area (Å²) in [5, 5.41) is 3.49. The maximum atomic E-state index is 12.3. The highest BCUT2D eigenvalue weighted by atomic mass is 35.5. The van der Waals surface area contributed by atoms with Gasteiger partial charge in [-0.3, -0.25) is 4.79 Å². The number of aryl methyl sites for hydroxylation is 2. The van der Waals surface area contributed by atoms with E-state index in [9.17, 15) is 4.79 Å². The van der Waals surface area contributed by atoms with E-state index in [2.05, 4.69) is 37.7 Å². The number of halogens is 2. The molecule has 12 heteroatoms. The second-order valence-corrected chi connectivity index (χ2v) is 9.71. The van der Waals surface area contributed by atoms with Crippen molar-refractivity contribution in [2.45, 2.75) is 57.3 Å². The molecule has 204 valence electrons. The van der Waals surface area contributed by atoms with E-state index in [0.717, 1.165) is 54.9 Å². The highest BCUT2D eigenvalue weighted by Crippen LogP contribution is 2.24. The first-order chi connectivity index (χ1) is 18.0. The third kappa shape index (κ3) is 9.23. The minimum Gasteiger partial charge on any atom is -0.463 e. The van der Waals surface area contributed by atoms with Crippen LogP contribution in [0.4, 0.5) is 5.69 Å². The van der Waals surface area contributed by atoms with Crippen molar-refractivity contribution in [3.63, 3.8) is 0 Å². The molecular weight excluding hydrogens is 519 g/mol. The maximum Gasteiger partial charge on any atom is 0.305 e. The van der Waals surface area contributed by atoms with Crippen molar-refractivity contribution in [1.29, 1.82) is 0 Å². The zero-order chi connectivity index (χ0) is 26.5. The average molecular weight is 556 g/mol. The van der Waals surface area contributed by atoms with E-state index in [-0.39, 0.29) is 25.0 Å². The van der Waals surface area contributed by atoms with Crippen molar-refractivity contribution in [3.8, 4) is 0 Å². The molecule has 37 heavy (non-hydrogen) atoms. The van der Waals surface area contributed by atoms with Crippen molar-refractivity contribution in [2.24, 2.45) is 12.2 Å². The number of azide groups is 1. The summed E-state index contributed by atoms with van der Waals surface area (Å²) >= 11 is 11.9. The Morgan fingerprint density at radius 3 is 2.86 bits per heavy atom. The Kier molecular flexibility index (Phi) is 12.6. The summed E-state index contributed by atoms with van der Waals surface area (Å²) in [5.74, 6) is 1.75. The zero-order valence-corrected chi connectivity index (χ0v) is 22.9. The van der Waals surface area contributed by atoms with Gasteiger partial charge in [-0.15, -0.1) is 23.2 Å². The van der Waals surface area contributed by atoms with Crippen LogP contribution in [-0.4, -0.2) is 72.5 Å². The number of hydrogen-bond acceptors (Lipinski definition) is 7. The number of rotatable bonds is 16. The maximum absolute atomic E-state index is 12.3. The molecule has 2 heterocycles. The molecule has 1 fully saturated rings. The number of anilines is 1. The van der Waals surface area contributed by atoms with Crippen LogP contribution in [-0.2, 0) is 32.5 Å². The van der Waals surface area contributed by atoms with Crippen molar-refractivity contribution in [3.05, 3.63) is 34.5 Å². The van der Waals surface area contributed by atoms with Gasteiger partial charge in [-0.25, -0.2) is 4.98 Å². The standard InChI is InChI=1S/C25H36Cl2N6O4/c1-32-22-10-9-19(33(14-11-26)15-12-27)17-21(22)30-23(32)6-3-7-24(34)36-18-20-5-2-8-25(37-20)35-16-4-13-29-31-28/h9-10,17,20,25H,2-8,11-16,18H2,1H3. The molecule has 2 atom stereocenters. The van der Waals surface area contributed by atoms with Gasteiger partial charge < -0.3 is 23.7 Å². The number of carbonyl (C=O) groups is 1. The zero-order valence-electron chi connectivity index (χ0n) is 21.4. The van der Waals surface area contributed by atoms with Crippen LogP contribution in [0.5, 0.6) is 0 Å². The van der Waals surface area contributed by atoms with Crippen molar-refractivity contribution in [1.82, 2.24) is 9.55 Å². The van der Waals surface area contributed by atoms with Gasteiger partial charge in [0.25, 0.3) is 0 Å². The first kappa shape index (κ1) is 29.3. The molecule has 10 nitrogen and oxygen atoms in total. The van der Waals surface area contributed by atoms with Gasteiger partial charge in [0.15, 0.2) is 6.29 Å². The SMILES string of the molecule is Cn1c(CCCC(=O)OCC2CCCC(OCCCN=[N+]=[N-])O2)nc2cc(N(CCCl)CCCl)ccc21. The number of esters is 1. The second kappa shape index (κ2) is 15.9. The molecule has 0 radical (unpaired) electrons. The van der Waals surface area contributed by atoms with Gasteiger partial charge in [-0.05, 0) is 55.8 Å². The number of nitrogens with zero attached hydrogens (tertiary/aromatic N) is 6. The van der Waals surface area contributed by atoms with Crippen molar-refractivity contribution < 1.29 is 19.0 Å². The van der Waals surface area contributed by atoms with Gasteiger partial charge >= 0.3 is 5.97 Å². The van der Waals surface area contributed by atoms with Gasteiger partial charge in [0.05, 0.1) is 17.1 Å². The molecule has 0 amide bonds. The fourth-order valence-corrected chi connectivity index (χ4v) is 4.79. The predicted molar refractivity (Wildman–Crippen MR) is 145 cm³/mol. The minimum absolute atomic E-state index is 0.161. The number of benzene rings is 1. The lowest BCUT2D eigenvalue weighted by molar-refractivity contribution is -0.205. The molecule has 3 rings (SSSR count). The van der Waals surface area contributed by atoms with Gasteiger partial charge in [0.2, 0.25) is 0 Å². The van der Waals surface area contributed by atoms with Crippen LogP contribution in [0.3, 0.4) is 0 Å². The molecule has 2 aromatic rings. The molecule has 0 bridgehead atoms. The number of carbonyl (C=O) groups excluding carboxylic acids is 1. The number of imidazole rings is 1. The van der Waals surface area contributed by atoms with Gasteiger partial charge in [0, 0.05) is 68.5 Å². The van der Waals surface area contributed by atoms with E-state index < -0.39 is 0 Å². The molecule has 1 aromatic carbocycles. The summed E-state index contributed by atoms with van der Waals surface area (Å²) in [4.78, 5) is 22.0. The Morgan fingerprint density at radius 1 is 1.30 bits per heavy atom. The number of ether oxygens (including phenoxy) is 3. The fraction of sp³-hybridized carbons (Fsp3) is 0.680. The second-order valence-electron chi connectivity index (χ2n) is 8.96. The van der Waals surface area contributed by atoms with Gasteiger partial charge in [0.1, 0.15) is 12.4 Å². The minimum atomic E-state index is -0.307. The number of aromatic nitrogens is 2. The quantitative estimate of drug-likeness (QED) is 0.0690. The first-order valence-electron chi connectivity index (χ1n) is 12.8. The van der Waals surface area contributed by atoms with Crippen molar-refractivity contribution >= 4 is 45.9 Å². The number of hydrogen-bond donors (Lipinski definition) is 0. The van der Waals surface area contributed by atoms with Crippen LogP contribution in [0.2, 0.25) is 0 Å². The van der Waals surface area contributed by atoms with E-state index in [4.69, 9.17) is 47.9 Å². The fourth-order valence-electron chi connectivity index (χ4n) is 4.38. The summed E-state index contributed by atoms with van der Waals surface area (Å²) < 4.78 is 19.1. The Labute approximate surface area is 227 Å². The van der Waals surface area contributed by atoms with E-state index in [1.54, 1.807) is 0 Å². The highest BCUT2D eigenvalue weighted by Gasteiger charge is 2.24.